The van der Waals surface area contributed by atoms with Crippen molar-refractivity contribution in [1.82, 2.24) is 4.90 Å². The van der Waals surface area contributed by atoms with Crippen LogP contribution in [0.5, 0.6) is 0 Å². The van der Waals surface area contributed by atoms with Crippen molar-refractivity contribution in [2.24, 2.45) is 0 Å². The lowest BCUT2D eigenvalue weighted by Gasteiger charge is -2.15. The van der Waals surface area contributed by atoms with Crippen LogP contribution in [-0.2, 0) is 24.1 Å². The predicted molar refractivity (Wildman–Crippen MR) is 70.0 cm³/mol. The van der Waals surface area contributed by atoms with Gasteiger partial charge in [0, 0.05) is 13.6 Å². The van der Waals surface area contributed by atoms with Crippen LogP contribution >= 0.6 is 0 Å². The number of nitriles is 1. The highest BCUT2D eigenvalue weighted by Gasteiger charge is 2.12. The number of likely N-dealkylation sites (N-methyl/N-ethyl adjacent to an activating group) is 1. The van der Waals surface area contributed by atoms with Crippen molar-refractivity contribution in [3.05, 3.63) is 34.9 Å². The van der Waals surface area contributed by atoms with E-state index in [0.29, 0.717) is 6.54 Å². The zero-order chi connectivity index (χ0) is 13.0. The summed E-state index contributed by atoms with van der Waals surface area (Å²) in [4.78, 5) is 13.1. The molecule has 0 radical (unpaired) electrons. The fraction of sp³-hybridized carbons (Fsp3) is 0.467. The van der Waals surface area contributed by atoms with Gasteiger partial charge in [-0.15, -0.1) is 0 Å². The van der Waals surface area contributed by atoms with E-state index >= 15 is 0 Å². The fourth-order valence-corrected chi connectivity index (χ4v) is 2.40. The highest BCUT2D eigenvalue weighted by molar-refractivity contribution is 5.77. The Balaban J connectivity index is 1.91. The summed E-state index contributed by atoms with van der Waals surface area (Å²) in [6.07, 6.45) is 4.49. The summed E-state index contributed by atoms with van der Waals surface area (Å²) in [6.45, 7) is 0.680. The number of amides is 1. The maximum absolute atomic E-state index is 11.5. The molecule has 1 aliphatic rings. The molecule has 0 saturated carbocycles. The summed E-state index contributed by atoms with van der Waals surface area (Å²) in [5, 5.41) is 8.48. The fourth-order valence-electron chi connectivity index (χ4n) is 2.40. The van der Waals surface area contributed by atoms with E-state index in [1.807, 2.05) is 6.07 Å². The zero-order valence-corrected chi connectivity index (χ0v) is 10.8. The van der Waals surface area contributed by atoms with Gasteiger partial charge in [0.05, 0.1) is 6.07 Å². The molecule has 18 heavy (non-hydrogen) atoms. The first-order chi connectivity index (χ1) is 8.70. The summed E-state index contributed by atoms with van der Waals surface area (Å²) in [5.74, 6) is -0.0985. The molecule has 1 aliphatic carbocycles. The molecule has 3 heteroatoms. The highest BCUT2D eigenvalue weighted by atomic mass is 16.2. The Morgan fingerprint density at radius 3 is 2.94 bits per heavy atom. The smallest absolute Gasteiger partial charge is 0.236 e. The van der Waals surface area contributed by atoms with Crippen LogP contribution in [0.1, 0.15) is 29.5 Å². The Bertz CT molecular complexity index is 488. The molecule has 2 rings (SSSR count). The van der Waals surface area contributed by atoms with Crippen molar-refractivity contribution in [2.45, 2.75) is 32.1 Å². The molecule has 0 bridgehead atoms. The van der Waals surface area contributed by atoms with Gasteiger partial charge in [-0.05, 0) is 42.4 Å². The van der Waals surface area contributed by atoms with Crippen molar-refractivity contribution < 1.29 is 4.79 Å². The van der Waals surface area contributed by atoms with Gasteiger partial charge in [0.15, 0.2) is 0 Å². The molecule has 1 aromatic rings. The summed E-state index contributed by atoms with van der Waals surface area (Å²) in [6, 6.07) is 8.53. The Hall–Kier alpha value is -1.82. The van der Waals surface area contributed by atoms with Crippen LogP contribution in [0.25, 0.3) is 0 Å². The minimum absolute atomic E-state index is 0.0271. The average Bonchev–Trinajstić information content (AvgIpc) is 2.83. The largest absolute Gasteiger partial charge is 0.345 e. The van der Waals surface area contributed by atoms with Gasteiger partial charge in [-0.2, -0.15) is 5.26 Å². The van der Waals surface area contributed by atoms with Crippen LogP contribution < -0.4 is 0 Å². The lowest BCUT2D eigenvalue weighted by Crippen LogP contribution is -2.28. The van der Waals surface area contributed by atoms with E-state index < -0.39 is 0 Å². The molecule has 1 aromatic carbocycles. The van der Waals surface area contributed by atoms with Gasteiger partial charge < -0.3 is 4.90 Å². The average molecular weight is 242 g/mol. The minimum Gasteiger partial charge on any atom is -0.345 e. The molecule has 0 heterocycles. The van der Waals surface area contributed by atoms with E-state index in [1.54, 1.807) is 11.9 Å². The SMILES string of the molecule is CN(CCc1ccc2c(c1)CCC2)C(=O)CC#N. The molecular formula is C15H18N2O. The number of aryl methyl sites for hydroxylation is 2. The third-order valence-corrected chi connectivity index (χ3v) is 3.55. The molecule has 0 aromatic heterocycles. The Morgan fingerprint density at radius 2 is 2.17 bits per heavy atom. The molecule has 0 aliphatic heterocycles. The molecule has 0 saturated heterocycles. The van der Waals surface area contributed by atoms with Gasteiger partial charge in [-0.25, -0.2) is 0 Å². The third-order valence-electron chi connectivity index (χ3n) is 3.55. The zero-order valence-electron chi connectivity index (χ0n) is 10.8. The van der Waals surface area contributed by atoms with Crippen LogP contribution in [0.3, 0.4) is 0 Å². The Labute approximate surface area is 108 Å². The second-order valence-electron chi connectivity index (χ2n) is 4.86. The Kier molecular flexibility index (Phi) is 3.99. The molecular weight excluding hydrogens is 224 g/mol. The van der Waals surface area contributed by atoms with E-state index in [9.17, 15) is 4.79 Å². The second kappa shape index (κ2) is 5.68. The van der Waals surface area contributed by atoms with Gasteiger partial charge in [-0.3, -0.25) is 4.79 Å². The number of carbonyl (C=O) groups excluding carboxylic acids is 1. The molecule has 0 N–H and O–H groups in total. The maximum atomic E-state index is 11.5. The highest BCUT2D eigenvalue weighted by Crippen LogP contribution is 2.22. The number of rotatable bonds is 4. The van der Waals surface area contributed by atoms with Gasteiger partial charge in [0.1, 0.15) is 6.42 Å². The summed E-state index contributed by atoms with van der Waals surface area (Å²) < 4.78 is 0. The molecule has 94 valence electrons. The summed E-state index contributed by atoms with van der Waals surface area (Å²) >= 11 is 0. The van der Waals surface area contributed by atoms with E-state index in [1.165, 1.54) is 36.0 Å². The first-order valence-electron chi connectivity index (χ1n) is 6.42. The Morgan fingerprint density at radius 1 is 1.39 bits per heavy atom. The summed E-state index contributed by atoms with van der Waals surface area (Å²) in [5.41, 5.74) is 4.23. The number of benzene rings is 1. The van der Waals surface area contributed by atoms with Crippen molar-refractivity contribution in [3.8, 4) is 6.07 Å². The first kappa shape index (κ1) is 12.6. The van der Waals surface area contributed by atoms with E-state index in [0.717, 1.165) is 6.42 Å². The van der Waals surface area contributed by atoms with Crippen molar-refractivity contribution >= 4 is 5.91 Å². The van der Waals surface area contributed by atoms with Crippen LogP contribution in [-0.4, -0.2) is 24.4 Å². The van der Waals surface area contributed by atoms with E-state index in [-0.39, 0.29) is 12.3 Å². The summed E-state index contributed by atoms with van der Waals surface area (Å²) in [7, 11) is 1.76. The second-order valence-corrected chi connectivity index (χ2v) is 4.86. The topological polar surface area (TPSA) is 44.1 Å². The standard InChI is InChI=1S/C15H18N2O/c1-17(15(18)7-9-16)10-8-12-5-6-13-3-2-4-14(13)11-12/h5-6,11H,2-4,7-8,10H2,1H3. The van der Waals surface area contributed by atoms with Crippen molar-refractivity contribution in [3.63, 3.8) is 0 Å². The van der Waals surface area contributed by atoms with E-state index in [2.05, 4.69) is 18.2 Å². The number of hydrogen-bond acceptors (Lipinski definition) is 2. The van der Waals surface area contributed by atoms with Crippen LogP contribution in [0.2, 0.25) is 0 Å². The lowest BCUT2D eigenvalue weighted by atomic mass is 10.0. The molecule has 0 fully saturated rings. The number of carbonyl (C=O) groups is 1. The maximum Gasteiger partial charge on any atom is 0.236 e. The molecule has 0 unspecified atom stereocenters. The van der Waals surface area contributed by atoms with Crippen LogP contribution in [0.15, 0.2) is 18.2 Å². The molecule has 3 nitrogen and oxygen atoms in total. The van der Waals surface area contributed by atoms with Crippen LogP contribution in [0.4, 0.5) is 0 Å². The lowest BCUT2D eigenvalue weighted by molar-refractivity contribution is -0.128. The van der Waals surface area contributed by atoms with Gasteiger partial charge in [0.2, 0.25) is 5.91 Å². The number of fused-ring (bicyclic) bond motifs is 1. The van der Waals surface area contributed by atoms with Gasteiger partial charge in [-0.1, -0.05) is 18.2 Å². The minimum atomic E-state index is -0.0985. The first-order valence-corrected chi connectivity index (χ1v) is 6.42. The van der Waals surface area contributed by atoms with Gasteiger partial charge in [0.25, 0.3) is 0 Å². The van der Waals surface area contributed by atoms with Crippen molar-refractivity contribution in [2.75, 3.05) is 13.6 Å². The van der Waals surface area contributed by atoms with E-state index in [4.69, 9.17) is 5.26 Å². The van der Waals surface area contributed by atoms with Crippen LogP contribution in [0, 0.1) is 11.3 Å². The van der Waals surface area contributed by atoms with Crippen molar-refractivity contribution in [1.29, 1.82) is 5.26 Å². The number of hydrogen-bond donors (Lipinski definition) is 0. The monoisotopic (exact) mass is 242 g/mol. The normalized spacial score (nSPS) is 12.9. The molecule has 0 spiro atoms. The molecule has 0 atom stereocenters. The molecule has 1 amide bonds. The number of nitrogens with zero attached hydrogens (tertiary/aromatic N) is 2. The predicted octanol–water partition coefficient (Wildman–Crippen LogP) is 2.09. The quantitative estimate of drug-likeness (QED) is 0.811. The van der Waals surface area contributed by atoms with Gasteiger partial charge >= 0.3 is 0 Å². The third kappa shape index (κ3) is 2.89.